The van der Waals surface area contributed by atoms with Gasteiger partial charge in [0, 0.05) is 26.0 Å². The minimum Gasteiger partial charge on any atom is -0.462 e. The normalized spacial score (nSPS) is 13.2. The molecular weight excluding hydrogens is 666 g/mol. The zero-order valence-corrected chi connectivity index (χ0v) is 29.0. The smallest absolute Gasteiger partial charge is 0.341 e. The Morgan fingerprint density at radius 2 is 1.69 bits per heavy atom. The minimum absolute atomic E-state index is 0.0110. The number of fused-ring (bicyclic) bond motifs is 1. The monoisotopic (exact) mass is 701 g/mol. The summed E-state index contributed by atoms with van der Waals surface area (Å²) in [6.45, 7) is 3.95. The van der Waals surface area contributed by atoms with E-state index in [2.05, 4.69) is 16.0 Å². The van der Waals surface area contributed by atoms with Crippen molar-refractivity contribution in [3.05, 3.63) is 117 Å². The van der Waals surface area contributed by atoms with E-state index in [0.29, 0.717) is 38.8 Å². The first-order valence-corrected chi connectivity index (χ1v) is 17.9. The third-order valence-electron chi connectivity index (χ3n) is 7.65. The SMILES string of the molecule is CCOC(=O)c1c(NC(=O)C(CC)Sc2cccc(NC(=O)/C(=C\c3ccccc3Cl)NC(=O)c3ccccc3)c2)sc2c1CCCC2. The first-order valence-electron chi connectivity index (χ1n) is 15.8. The van der Waals surface area contributed by atoms with Gasteiger partial charge >= 0.3 is 5.97 Å². The van der Waals surface area contributed by atoms with Crippen LogP contribution in [0.5, 0.6) is 0 Å². The average Bonchev–Trinajstić information content (AvgIpc) is 3.46. The number of esters is 1. The van der Waals surface area contributed by atoms with Crippen LogP contribution in [0.2, 0.25) is 5.02 Å². The average molecular weight is 702 g/mol. The summed E-state index contributed by atoms with van der Waals surface area (Å²) in [6, 6.07) is 22.8. The maximum absolute atomic E-state index is 13.6. The van der Waals surface area contributed by atoms with Crippen LogP contribution in [-0.4, -0.2) is 35.5 Å². The number of anilines is 2. The fraction of sp³-hybridized carbons (Fsp3) is 0.243. The Morgan fingerprint density at radius 1 is 0.938 bits per heavy atom. The molecule has 3 N–H and O–H groups in total. The van der Waals surface area contributed by atoms with Gasteiger partial charge in [-0.3, -0.25) is 14.4 Å². The van der Waals surface area contributed by atoms with Gasteiger partial charge in [-0.15, -0.1) is 23.1 Å². The van der Waals surface area contributed by atoms with Gasteiger partial charge in [0.25, 0.3) is 11.8 Å². The van der Waals surface area contributed by atoms with Crippen molar-refractivity contribution in [3.8, 4) is 0 Å². The topological polar surface area (TPSA) is 114 Å². The van der Waals surface area contributed by atoms with E-state index >= 15 is 0 Å². The van der Waals surface area contributed by atoms with Gasteiger partial charge in [-0.05, 0) is 92.6 Å². The molecule has 48 heavy (non-hydrogen) atoms. The van der Waals surface area contributed by atoms with Gasteiger partial charge in [-0.2, -0.15) is 0 Å². The number of carbonyl (C=O) groups is 4. The van der Waals surface area contributed by atoms with E-state index in [-0.39, 0.29) is 18.2 Å². The summed E-state index contributed by atoms with van der Waals surface area (Å²) in [6.07, 6.45) is 5.80. The van der Waals surface area contributed by atoms with E-state index in [0.717, 1.165) is 41.0 Å². The Hall–Kier alpha value is -4.38. The van der Waals surface area contributed by atoms with E-state index in [1.54, 1.807) is 79.7 Å². The van der Waals surface area contributed by atoms with Crippen molar-refractivity contribution < 1.29 is 23.9 Å². The van der Waals surface area contributed by atoms with Crippen LogP contribution in [0, 0.1) is 0 Å². The van der Waals surface area contributed by atoms with E-state index < -0.39 is 23.0 Å². The molecule has 5 rings (SSSR count). The number of hydrogen-bond donors (Lipinski definition) is 3. The number of nitrogens with one attached hydrogen (secondary N) is 3. The van der Waals surface area contributed by atoms with Crippen LogP contribution in [0.25, 0.3) is 6.08 Å². The summed E-state index contributed by atoms with van der Waals surface area (Å²) in [5.74, 6) is -1.60. The van der Waals surface area contributed by atoms with Crippen molar-refractivity contribution in [3.63, 3.8) is 0 Å². The van der Waals surface area contributed by atoms with Crippen LogP contribution >= 0.6 is 34.7 Å². The maximum atomic E-state index is 13.6. The zero-order valence-electron chi connectivity index (χ0n) is 26.6. The highest BCUT2D eigenvalue weighted by atomic mass is 35.5. The molecule has 1 aliphatic rings. The second-order valence-corrected chi connectivity index (χ2v) is 13.8. The van der Waals surface area contributed by atoms with Crippen molar-refractivity contribution in [1.82, 2.24) is 5.32 Å². The highest BCUT2D eigenvalue weighted by Gasteiger charge is 2.29. The van der Waals surface area contributed by atoms with Crippen LogP contribution in [-0.2, 0) is 27.2 Å². The van der Waals surface area contributed by atoms with Crippen LogP contribution < -0.4 is 16.0 Å². The van der Waals surface area contributed by atoms with Gasteiger partial charge in [-0.25, -0.2) is 4.79 Å². The Bertz CT molecular complexity index is 1840. The third-order valence-corrected chi connectivity index (χ3v) is 10.6. The number of ether oxygens (including phenoxy) is 1. The van der Waals surface area contributed by atoms with E-state index in [1.807, 2.05) is 13.0 Å². The summed E-state index contributed by atoms with van der Waals surface area (Å²) in [4.78, 5) is 54.9. The van der Waals surface area contributed by atoms with Crippen molar-refractivity contribution in [1.29, 1.82) is 0 Å². The lowest BCUT2D eigenvalue weighted by Crippen LogP contribution is -2.30. The molecule has 0 spiro atoms. The Kier molecular flexibility index (Phi) is 12.1. The molecule has 1 aliphatic carbocycles. The fourth-order valence-electron chi connectivity index (χ4n) is 5.29. The summed E-state index contributed by atoms with van der Waals surface area (Å²) < 4.78 is 5.34. The fourth-order valence-corrected chi connectivity index (χ4v) is 7.77. The Morgan fingerprint density at radius 3 is 2.44 bits per heavy atom. The number of amides is 3. The molecule has 0 bridgehead atoms. The van der Waals surface area contributed by atoms with Gasteiger partial charge in [0.15, 0.2) is 0 Å². The summed E-state index contributed by atoms with van der Waals surface area (Å²) >= 11 is 9.19. The number of rotatable bonds is 12. The first-order chi connectivity index (χ1) is 23.3. The Balaban J connectivity index is 1.32. The van der Waals surface area contributed by atoms with Crippen molar-refractivity contribution >= 4 is 75.2 Å². The number of halogens is 1. The molecular formula is C37H36ClN3O5S2. The molecule has 1 unspecified atom stereocenters. The molecule has 1 aromatic heterocycles. The van der Waals surface area contributed by atoms with Gasteiger partial charge < -0.3 is 20.7 Å². The predicted molar refractivity (Wildman–Crippen MR) is 194 cm³/mol. The second kappa shape index (κ2) is 16.6. The summed E-state index contributed by atoms with van der Waals surface area (Å²) in [5.41, 5.74) is 2.93. The molecule has 8 nitrogen and oxygen atoms in total. The highest BCUT2D eigenvalue weighted by molar-refractivity contribution is 8.00. The summed E-state index contributed by atoms with van der Waals surface area (Å²) in [5, 5.41) is 9.12. The molecule has 0 saturated carbocycles. The summed E-state index contributed by atoms with van der Waals surface area (Å²) in [7, 11) is 0. The van der Waals surface area contributed by atoms with Gasteiger partial charge in [0.05, 0.1) is 17.4 Å². The van der Waals surface area contributed by atoms with Crippen molar-refractivity contribution in [2.24, 2.45) is 0 Å². The van der Waals surface area contributed by atoms with Crippen molar-refractivity contribution in [2.45, 2.75) is 56.1 Å². The molecule has 248 valence electrons. The third kappa shape index (κ3) is 8.74. The molecule has 4 aromatic rings. The number of aryl methyl sites for hydroxylation is 1. The standard InChI is InChI=1S/C37H36ClN3O5S2/c1-3-30(35(44)41-36-32(37(45)46-4-2)27-18-9-11-20-31(27)48-36)47-26-17-12-16-25(22-26)39-34(43)29(21-24-15-8-10-19-28(24)38)40-33(42)23-13-6-5-7-14-23/h5-8,10,12-17,19,21-22,30H,3-4,9,11,18,20H2,1-2H3,(H,39,43)(H,40,42)(H,41,44)/b29-21+. The minimum atomic E-state index is -0.542. The molecule has 3 amide bonds. The van der Waals surface area contributed by atoms with Gasteiger partial charge in [0.2, 0.25) is 5.91 Å². The van der Waals surface area contributed by atoms with Crippen molar-refractivity contribution in [2.75, 3.05) is 17.2 Å². The number of carbonyl (C=O) groups excluding carboxylic acids is 4. The first kappa shape index (κ1) is 34.9. The molecule has 0 radical (unpaired) electrons. The molecule has 0 aliphatic heterocycles. The molecule has 0 saturated heterocycles. The largest absolute Gasteiger partial charge is 0.462 e. The predicted octanol–water partition coefficient (Wildman–Crippen LogP) is 8.38. The molecule has 3 aromatic carbocycles. The molecule has 0 fully saturated rings. The molecule has 11 heteroatoms. The molecule has 1 heterocycles. The number of hydrogen-bond acceptors (Lipinski definition) is 7. The van der Waals surface area contributed by atoms with Crippen LogP contribution in [0.15, 0.2) is 89.5 Å². The molecule has 1 atom stereocenters. The van der Waals surface area contributed by atoms with E-state index in [4.69, 9.17) is 16.3 Å². The number of thioether (sulfide) groups is 1. The lowest BCUT2D eigenvalue weighted by atomic mass is 9.95. The quantitative estimate of drug-likeness (QED) is 0.0777. The zero-order chi connectivity index (χ0) is 34.0. The number of thiophene rings is 1. The lowest BCUT2D eigenvalue weighted by Gasteiger charge is -2.16. The highest BCUT2D eigenvalue weighted by Crippen LogP contribution is 2.39. The van der Waals surface area contributed by atoms with E-state index in [1.165, 1.54) is 29.2 Å². The van der Waals surface area contributed by atoms with E-state index in [9.17, 15) is 19.2 Å². The van der Waals surface area contributed by atoms with Crippen LogP contribution in [0.3, 0.4) is 0 Å². The maximum Gasteiger partial charge on any atom is 0.341 e. The van der Waals surface area contributed by atoms with Gasteiger partial charge in [0.1, 0.15) is 10.7 Å². The van der Waals surface area contributed by atoms with Crippen LogP contribution in [0.4, 0.5) is 10.7 Å². The van der Waals surface area contributed by atoms with Gasteiger partial charge in [-0.1, -0.05) is 61.0 Å². The van der Waals surface area contributed by atoms with Crippen LogP contribution in [0.1, 0.15) is 69.8 Å². The number of benzene rings is 3. The second-order valence-electron chi connectivity index (χ2n) is 11.0. The Labute approximate surface area is 293 Å². The lowest BCUT2D eigenvalue weighted by molar-refractivity contribution is -0.116.